The molecule has 3 amide bonds. The van der Waals surface area contributed by atoms with Crippen LogP contribution in [0.2, 0.25) is 5.02 Å². The Morgan fingerprint density at radius 3 is 2.67 bits per heavy atom. The van der Waals surface area contributed by atoms with Gasteiger partial charge in [0.2, 0.25) is 5.91 Å². The quantitative estimate of drug-likeness (QED) is 0.373. The average molecular weight is 554 g/mol. The van der Waals surface area contributed by atoms with Gasteiger partial charge in [0.05, 0.1) is 26.7 Å². The molecule has 172 valence electrons. The molecule has 0 saturated carbocycles. The molecule has 0 radical (unpaired) electrons. The van der Waals surface area contributed by atoms with Crippen molar-refractivity contribution in [2.75, 3.05) is 25.1 Å². The van der Waals surface area contributed by atoms with Crippen molar-refractivity contribution in [2.24, 2.45) is 0 Å². The van der Waals surface area contributed by atoms with Crippen molar-refractivity contribution >= 4 is 74.1 Å². The number of nitrogens with one attached hydrogen (secondary N) is 1. The fourth-order valence-corrected chi connectivity index (χ4v) is 4.28. The summed E-state index contributed by atoms with van der Waals surface area (Å²) in [6.07, 6.45) is 1.54. The maximum atomic E-state index is 12.7. The largest absolute Gasteiger partial charge is 0.481 e. The normalized spacial score (nSPS) is 14.5. The van der Waals surface area contributed by atoms with Gasteiger partial charge in [-0.05, 0) is 70.5 Å². The molecular weight excluding hydrogens is 536 g/mol. The van der Waals surface area contributed by atoms with E-state index in [1.54, 1.807) is 49.4 Å². The number of anilines is 1. The van der Waals surface area contributed by atoms with E-state index >= 15 is 0 Å². The van der Waals surface area contributed by atoms with Gasteiger partial charge in [-0.1, -0.05) is 29.8 Å². The minimum Gasteiger partial charge on any atom is -0.481 e. The molecule has 0 aliphatic carbocycles. The Balaban J connectivity index is 1.65. The van der Waals surface area contributed by atoms with Gasteiger partial charge in [-0.25, -0.2) is 4.79 Å². The number of thioether (sulfide) groups is 1. The van der Waals surface area contributed by atoms with Gasteiger partial charge in [0.1, 0.15) is 12.3 Å². The van der Waals surface area contributed by atoms with Gasteiger partial charge in [-0.15, -0.1) is 0 Å². The second-order valence-electron chi connectivity index (χ2n) is 6.58. The van der Waals surface area contributed by atoms with Crippen molar-refractivity contribution < 1.29 is 28.7 Å². The zero-order chi connectivity index (χ0) is 24.0. The van der Waals surface area contributed by atoms with Crippen LogP contribution >= 0.6 is 39.3 Å². The maximum Gasteiger partial charge on any atom is 0.344 e. The summed E-state index contributed by atoms with van der Waals surface area (Å²) in [5.74, 6) is -1.18. The van der Waals surface area contributed by atoms with Crippen molar-refractivity contribution in [2.45, 2.75) is 6.92 Å². The predicted molar refractivity (Wildman–Crippen MR) is 129 cm³/mol. The monoisotopic (exact) mass is 552 g/mol. The van der Waals surface area contributed by atoms with Crippen LogP contribution in [-0.4, -0.2) is 47.7 Å². The number of esters is 1. The Labute approximate surface area is 207 Å². The van der Waals surface area contributed by atoms with Gasteiger partial charge < -0.3 is 14.8 Å². The van der Waals surface area contributed by atoms with E-state index in [1.165, 1.54) is 6.08 Å². The summed E-state index contributed by atoms with van der Waals surface area (Å²) in [5, 5.41) is 2.39. The molecule has 0 aromatic heterocycles. The van der Waals surface area contributed by atoms with Crippen molar-refractivity contribution in [3.8, 4) is 5.75 Å². The van der Waals surface area contributed by atoms with Crippen LogP contribution in [0.5, 0.6) is 5.75 Å². The second kappa shape index (κ2) is 11.4. The van der Waals surface area contributed by atoms with E-state index in [9.17, 15) is 19.2 Å². The Bertz CT molecular complexity index is 1140. The number of hydrogen-bond donors (Lipinski definition) is 1. The van der Waals surface area contributed by atoms with Crippen LogP contribution in [0.4, 0.5) is 10.5 Å². The van der Waals surface area contributed by atoms with Gasteiger partial charge in [0.15, 0.2) is 6.61 Å². The summed E-state index contributed by atoms with van der Waals surface area (Å²) in [6.45, 7) is 1.30. The lowest BCUT2D eigenvalue weighted by molar-refractivity contribution is -0.145. The Hall–Kier alpha value is -2.82. The number of nitrogens with zero attached hydrogens (tertiary/aromatic N) is 1. The second-order valence-corrected chi connectivity index (χ2v) is 8.83. The first-order valence-electron chi connectivity index (χ1n) is 9.66. The van der Waals surface area contributed by atoms with Crippen LogP contribution < -0.4 is 10.1 Å². The summed E-state index contributed by atoms with van der Waals surface area (Å²) >= 11 is 10.1. The van der Waals surface area contributed by atoms with Crippen LogP contribution in [0.15, 0.2) is 51.8 Å². The number of benzene rings is 2. The molecule has 1 N–H and O–H groups in total. The van der Waals surface area contributed by atoms with Crippen LogP contribution in [0, 0.1) is 0 Å². The number of amides is 3. The maximum absolute atomic E-state index is 12.7. The minimum absolute atomic E-state index is 0.178. The third kappa shape index (κ3) is 6.59. The molecule has 0 atom stereocenters. The predicted octanol–water partition coefficient (Wildman–Crippen LogP) is 4.72. The average Bonchev–Trinajstić information content (AvgIpc) is 3.02. The lowest BCUT2D eigenvalue weighted by Crippen LogP contribution is -2.36. The van der Waals surface area contributed by atoms with E-state index in [-0.39, 0.29) is 18.1 Å². The Kier molecular flexibility index (Phi) is 8.54. The van der Waals surface area contributed by atoms with Gasteiger partial charge in [0.25, 0.3) is 11.1 Å². The number of carbonyl (C=O) groups excluding carboxylic acids is 4. The molecule has 33 heavy (non-hydrogen) atoms. The first-order chi connectivity index (χ1) is 15.8. The van der Waals surface area contributed by atoms with Crippen molar-refractivity contribution in [3.05, 3.63) is 62.4 Å². The van der Waals surface area contributed by atoms with Gasteiger partial charge in [0, 0.05) is 0 Å². The van der Waals surface area contributed by atoms with Crippen LogP contribution in [0.25, 0.3) is 6.08 Å². The topological polar surface area (TPSA) is 102 Å². The smallest absolute Gasteiger partial charge is 0.344 e. The molecule has 0 bridgehead atoms. The molecule has 3 rings (SSSR count). The molecular formula is C22H18BrClN2O6S. The van der Waals surface area contributed by atoms with E-state index in [0.717, 1.165) is 16.7 Å². The highest BCUT2D eigenvalue weighted by Gasteiger charge is 2.36. The fraction of sp³-hybridized carbons (Fsp3) is 0.182. The first-order valence-corrected chi connectivity index (χ1v) is 11.6. The van der Waals surface area contributed by atoms with Gasteiger partial charge in [-0.3, -0.25) is 19.3 Å². The highest BCUT2D eigenvalue weighted by Crippen LogP contribution is 2.34. The fourth-order valence-electron chi connectivity index (χ4n) is 2.75. The third-order valence-electron chi connectivity index (χ3n) is 4.23. The number of ether oxygens (including phenoxy) is 2. The summed E-state index contributed by atoms with van der Waals surface area (Å²) in [6, 6.07) is 11.6. The van der Waals surface area contributed by atoms with Crippen molar-refractivity contribution in [3.63, 3.8) is 0 Å². The number of hydrogen-bond acceptors (Lipinski definition) is 7. The lowest BCUT2D eigenvalue weighted by atomic mass is 10.2. The number of rotatable bonds is 8. The Morgan fingerprint density at radius 1 is 1.21 bits per heavy atom. The summed E-state index contributed by atoms with van der Waals surface area (Å²) < 4.78 is 10.8. The standard InChI is InChI=1S/C22H18BrClN2O6S/c1-2-31-20(28)12-32-17-8-7-13(9-14(17)23)10-18-21(29)26(22(30)33-18)11-19(27)25-16-6-4-3-5-15(16)24/h3-10H,2,11-12H2,1H3,(H,25,27)/b18-10+. The molecule has 0 spiro atoms. The van der Waals surface area contributed by atoms with E-state index in [1.807, 2.05) is 0 Å². The Morgan fingerprint density at radius 2 is 1.97 bits per heavy atom. The molecule has 11 heteroatoms. The summed E-state index contributed by atoms with van der Waals surface area (Å²) in [4.78, 5) is 49.8. The highest BCUT2D eigenvalue weighted by molar-refractivity contribution is 9.10. The minimum atomic E-state index is -0.571. The van der Waals surface area contributed by atoms with Crippen LogP contribution in [0.1, 0.15) is 12.5 Å². The number of halogens is 2. The SMILES string of the molecule is CCOC(=O)COc1ccc(/C=C2/SC(=O)N(CC(=O)Nc3ccccc3Cl)C2=O)cc1Br. The first kappa shape index (κ1) is 24.8. The molecule has 8 nitrogen and oxygen atoms in total. The van der Waals surface area contributed by atoms with E-state index in [0.29, 0.717) is 26.5 Å². The van der Waals surface area contributed by atoms with Crippen LogP contribution in [0.3, 0.4) is 0 Å². The third-order valence-corrected chi connectivity index (χ3v) is 6.08. The van der Waals surface area contributed by atoms with Gasteiger partial charge in [-0.2, -0.15) is 0 Å². The lowest BCUT2D eigenvalue weighted by Gasteiger charge is -2.13. The number of para-hydroxylation sites is 1. The molecule has 1 saturated heterocycles. The molecule has 2 aromatic rings. The molecule has 1 heterocycles. The highest BCUT2D eigenvalue weighted by atomic mass is 79.9. The van der Waals surface area contributed by atoms with Crippen LogP contribution in [-0.2, 0) is 19.1 Å². The molecule has 1 aliphatic rings. The number of imide groups is 1. The van der Waals surface area contributed by atoms with E-state index in [2.05, 4.69) is 21.2 Å². The zero-order valence-corrected chi connectivity index (χ0v) is 20.5. The van der Waals surface area contributed by atoms with E-state index < -0.39 is 29.6 Å². The molecule has 1 aliphatic heterocycles. The molecule has 0 unspecified atom stereocenters. The molecule has 1 fully saturated rings. The zero-order valence-electron chi connectivity index (χ0n) is 17.3. The van der Waals surface area contributed by atoms with E-state index in [4.69, 9.17) is 21.1 Å². The molecule has 2 aromatic carbocycles. The van der Waals surface area contributed by atoms with Gasteiger partial charge >= 0.3 is 5.97 Å². The van der Waals surface area contributed by atoms with Crippen molar-refractivity contribution in [1.82, 2.24) is 4.90 Å². The summed E-state index contributed by atoms with van der Waals surface area (Å²) in [7, 11) is 0. The number of carbonyl (C=O) groups is 4. The van der Waals surface area contributed by atoms with Crippen molar-refractivity contribution in [1.29, 1.82) is 0 Å². The summed E-state index contributed by atoms with van der Waals surface area (Å²) in [5.41, 5.74) is 1.01.